The molecule has 0 aliphatic carbocycles. The van der Waals surface area contributed by atoms with Crippen molar-refractivity contribution in [1.29, 1.82) is 0 Å². The summed E-state index contributed by atoms with van der Waals surface area (Å²) in [5.41, 5.74) is 7.44. The molecule has 1 aliphatic rings. The van der Waals surface area contributed by atoms with Crippen LogP contribution in [0, 0.1) is 0 Å². The molecule has 4 heteroatoms. The first-order chi connectivity index (χ1) is 9.44. The molecule has 0 amide bonds. The highest BCUT2D eigenvalue weighted by atomic mass is 35.5. The Balaban J connectivity index is 0.00000220. The molecule has 3 nitrogen and oxygen atoms in total. The molecule has 0 spiro atoms. The van der Waals surface area contributed by atoms with Gasteiger partial charge in [0.2, 0.25) is 0 Å². The highest BCUT2D eigenvalue weighted by Crippen LogP contribution is 2.18. The summed E-state index contributed by atoms with van der Waals surface area (Å²) in [6, 6.07) is 11.5. The Morgan fingerprint density at radius 3 is 2.29 bits per heavy atom. The third-order valence-corrected chi connectivity index (χ3v) is 4.09. The maximum absolute atomic E-state index is 6.12. The lowest BCUT2D eigenvalue weighted by Crippen LogP contribution is -2.50. The predicted molar refractivity (Wildman–Crippen MR) is 92.9 cm³/mol. The van der Waals surface area contributed by atoms with Crippen molar-refractivity contribution in [1.82, 2.24) is 9.80 Å². The molecule has 1 aromatic carbocycles. The van der Waals surface area contributed by atoms with Crippen LogP contribution in [0.3, 0.4) is 0 Å². The maximum atomic E-state index is 6.12. The summed E-state index contributed by atoms with van der Waals surface area (Å²) in [4.78, 5) is 5.01. The van der Waals surface area contributed by atoms with Crippen LogP contribution in [0.25, 0.3) is 0 Å². The Kier molecular flexibility index (Phi) is 7.14. The van der Waals surface area contributed by atoms with Gasteiger partial charge >= 0.3 is 0 Å². The molecule has 0 unspecified atom stereocenters. The summed E-state index contributed by atoms with van der Waals surface area (Å²) < 4.78 is 0. The molecule has 0 aromatic heterocycles. The molecule has 21 heavy (non-hydrogen) atoms. The normalized spacial score (nSPS) is 17.8. The van der Waals surface area contributed by atoms with E-state index in [1.165, 1.54) is 31.5 Å². The van der Waals surface area contributed by atoms with Crippen molar-refractivity contribution >= 4 is 12.4 Å². The molecule has 0 bridgehead atoms. The van der Waals surface area contributed by atoms with Crippen LogP contribution in [0.15, 0.2) is 30.3 Å². The van der Waals surface area contributed by atoms with Gasteiger partial charge in [-0.25, -0.2) is 0 Å². The van der Waals surface area contributed by atoms with E-state index in [0.717, 1.165) is 13.1 Å². The van der Waals surface area contributed by atoms with Crippen LogP contribution < -0.4 is 5.73 Å². The fourth-order valence-electron chi connectivity index (χ4n) is 3.13. The van der Waals surface area contributed by atoms with Crippen LogP contribution in [-0.4, -0.2) is 48.1 Å². The van der Waals surface area contributed by atoms with Gasteiger partial charge in [-0.3, -0.25) is 4.90 Å². The molecule has 1 aromatic rings. The zero-order valence-corrected chi connectivity index (χ0v) is 14.4. The Morgan fingerprint density at radius 2 is 1.76 bits per heavy atom. The Bertz CT molecular complexity index is 394. The highest BCUT2D eigenvalue weighted by molar-refractivity contribution is 5.85. The number of halogens is 1. The molecular weight excluding hydrogens is 282 g/mol. The van der Waals surface area contributed by atoms with Gasteiger partial charge in [0.15, 0.2) is 0 Å². The lowest BCUT2D eigenvalue weighted by atomic mass is 10.00. The summed E-state index contributed by atoms with van der Waals surface area (Å²) >= 11 is 0. The molecule has 0 saturated carbocycles. The highest BCUT2D eigenvalue weighted by Gasteiger charge is 2.25. The number of likely N-dealkylation sites (N-methyl/N-ethyl adjacent to an activating group) is 1. The Morgan fingerprint density at radius 1 is 1.19 bits per heavy atom. The standard InChI is InChI=1S/C17H29N3.ClH/c1-17(2,18)14-19(3)16-9-11-20(12-10-16)13-15-7-5-4-6-8-15;/h4-8,16H,9-14,18H2,1-3H3;1H. The van der Waals surface area contributed by atoms with Gasteiger partial charge < -0.3 is 10.6 Å². The molecule has 1 heterocycles. The summed E-state index contributed by atoms with van der Waals surface area (Å²) in [5.74, 6) is 0. The Labute approximate surface area is 135 Å². The quantitative estimate of drug-likeness (QED) is 0.907. The van der Waals surface area contributed by atoms with Gasteiger partial charge in [-0.05, 0) is 52.4 Å². The second-order valence-electron chi connectivity index (χ2n) is 6.90. The van der Waals surface area contributed by atoms with Gasteiger partial charge in [-0.1, -0.05) is 30.3 Å². The van der Waals surface area contributed by atoms with Crippen LogP contribution >= 0.6 is 12.4 Å². The van der Waals surface area contributed by atoms with Crippen molar-refractivity contribution in [3.63, 3.8) is 0 Å². The lowest BCUT2D eigenvalue weighted by Gasteiger charge is -2.39. The van der Waals surface area contributed by atoms with Crippen molar-refractivity contribution in [2.24, 2.45) is 5.73 Å². The van der Waals surface area contributed by atoms with Crippen molar-refractivity contribution in [2.75, 3.05) is 26.7 Å². The average Bonchev–Trinajstić information content (AvgIpc) is 2.39. The molecule has 1 aliphatic heterocycles. The maximum Gasteiger partial charge on any atom is 0.0233 e. The van der Waals surface area contributed by atoms with Crippen LogP contribution in [-0.2, 0) is 6.54 Å². The first-order valence-electron chi connectivity index (χ1n) is 7.69. The van der Waals surface area contributed by atoms with Crippen LogP contribution in [0.5, 0.6) is 0 Å². The van der Waals surface area contributed by atoms with Crippen LogP contribution in [0.1, 0.15) is 32.3 Å². The predicted octanol–water partition coefficient (Wildman–Crippen LogP) is 2.74. The van der Waals surface area contributed by atoms with E-state index < -0.39 is 0 Å². The van der Waals surface area contributed by atoms with E-state index in [9.17, 15) is 0 Å². The second-order valence-corrected chi connectivity index (χ2v) is 6.90. The fraction of sp³-hybridized carbons (Fsp3) is 0.647. The second kappa shape index (κ2) is 8.14. The minimum Gasteiger partial charge on any atom is -0.324 e. The Hall–Kier alpha value is -0.610. The van der Waals surface area contributed by atoms with Crippen LogP contribution in [0.4, 0.5) is 0 Å². The van der Waals surface area contributed by atoms with E-state index in [2.05, 4.69) is 61.0 Å². The molecule has 2 rings (SSSR count). The van der Waals surface area contributed by atoms with Crippen molar-refractivity contribution in [2.45, 2.75) is 44.8 Å². The molecule has 0 atom stereocenters. The monoisotopic (exact) mass is 311 g/mol. The number of benzene rings is 1. The number of likely N-dealkylation sites (tertiary alicyclic amines) is 1. The summed E-state index contributed by atoms with van der Waals surface area (Å²) in [6.45, 7) is 8.64. The van der Waals surface area contributed by atoms with Gasteiger partial charge in [0, 0.05) is 24.7 Å². The first-order valence-corrected chi connectivity index (χ1v) is 7.69. The van der Waals surface area contributed by atoms with E-state index in [4.69, 9.17) is 5.73 Å². The van der Waals surface area contributed by atoms with Crippen LogP contribution in [0.2, 0.25) is 0 Å². The van der Waals surface area contributed by atoms with Gasteiger partial charge in [0.05, 0.1) is 0 Å². The number of rotatable bonds is 5. The van der Waals surface area contributed by atoms with E-state index in [1.54, 1.807) is 0 Å². The molecule has 0 radical (unpaired) electrons. The topological polar surface area (TPSA) is 32.5 Å². The van der Waals surface area contributed by atoms with Crippen molar-refractivity contribution < 1.29 is 0 Å². The lowest BCUT2D eigenvalue weighted by molar-refractivity contribution is 0.110. The van der Waals surface area contributed by atoms with Gasteiger partial charge in [0.1, 0.15) is 0 Å². The summed E-state index contributed by atoms with van der Waals surface area (Å²) in [7, 11) is 2.21. The van der Waals surface area contributed by atoms with E-state index in [0.29, 0.717) is 6.04 Å². The molecular formula is C17H30ClN3. The number of nitrogens with two attached hydrogens (primary N) is 1. The van der Waals surface area contributed by atoms with Gasteiger partial charge in [-0.2, -0.15) is 0 Å². The minimum atomic E-state index is -0.101. The largest absolute Gasteiger partial charge is 0.324 e. The molecule has 120 valence electrons. The third kappa shape index (κ3) is 6.35. The van der Waals surface area contributed by atoms with Gasteiger partial charge in [-0.15, -0.1) is 12.4 Å². The van der Waals surface area contributed by atoms with Crippen molar-refractivity contribution in [3.05, 3.63) is 35.9 Å². The zero-order valence-electron chi connectivity index (χ0n) is 13.6. The zero-order chi connectivity index (χ0) is 14.6. The summed E-state index contributed by atoms with van der Waals surface area (Å²) in [6.07, 6.45) is 2.50. The minimum absolute atomic E-state index is 0. The molecule has 1 saturated heterocycles. The summed E-state index contributed by atoms with van der Waals surface area (Å²) in [5, 5.41) is 0. The molecule has 1 fully saturated rings. The average molecular weight is 312 g/mol. The first kappa shape index (κ1) is 18.4. The van der Waals surface area contributed by atoms with E-state index in [-0.39, 0.29) is 17.9 Å². The van der Waals surface area contributed by atoms with Crippen molar-refractivity contribution in [3.8, 4) is 0 Å². The fourth-order valence-corrected chi connectivity index (χ4v) is 3.13. The number of hydrogen-bond donors (Lipinski definition) is 1. The van der Waals surface area contributed by atoms with E-state index in [1.807, 2.05) is 0 Å². The van der Waals surface area contributed by atoms with E-state index >= 15 is 0 Å². The van der Waals surface area contributed by atoms with Gasteiger partial charge in [0.25, 0.3) is 0 Å². The number of piperidine rings is 1. The third-order valence-electron chi connectivity index (χ3n) is 4.09. The molecule has 2 N–H and O–H groups in total. The smallest absolute Gasteiger partial charge is 0.0233 e. The number of hydrogen-bond acceptors (Lipinski definition) is 3. The SMILES string of the molecule is CN(CC(C)(C)N)C1CCN(Cc2ccccc2)CC1.Cl. The number of nitrogens with zero attached hydrogens (tertiary/aromatic N) is 2.